The van der Waals surface area contributed by atoms with Gasteiger partial charge in [0.1, 0.15) is 0 Å². The molecule has 1 fully saturated rings. The van der Waals surface area contributed by atoms with Crippen molar-refractivity contribution in [3.8, 4) is 11.5 Å². The normalized spacial score (nSPS) is 22.0. The van der Waals surface area contributed by atoms with Crippen molar-refractivity contribution in [3.05, 3.63) is 23.8 Å². The van der Waals surface area contributed by atoms with Crippen LogP contribution in [0, 0.1) is 5.92 Å². The molecule has 1 aromatic carbocycles. The van der Waals surface area contributed by atoms with Crippen LogP contribution in [-0.4, -0.2) is 18.0 Å². The molecule has 3 rings (SSSR count). The molecular formula is C13H17NO3. The first-order valence-electron chi connectivity index (χ1n) is 6.09. The summed E-state index contributed by atoms with van der Waals surface area (Å²) in [5.41, 5.74) is 6.98. The van der Waals surface area contributed by atoms with Crippen molar-refractivity contribution in [3.63, 3.8) is 0 Å². The molecule has 4 heteroatoms. The first-order valence-corrected chi connectivity index (χ1v) is 6.09. The zero-order valence-electron chi connectivity index (χ0n) is 9.63. The summed E-state index contributed by atoms with van der Waals surface area (Å²) < 4.78 is 10.7. The number of aliphatic hydroxyl groups excluding tert-OH is 1. The second kappa shape index (κ2) is 4.20. The first kappa shape index (κ1) is 10.9. The average Bonchev–Trinajstić information content (AvgIpc) is 2.73. The Morgan fingerprint density at radius 1 is 1.29 bits per heavy atom. The van der Waals surface area contributed by atoms with E-state index in [9.17, 15) is 5.11 Å². The molecule has 1 heterocycles. The molecule has 17 heavy (non-hydrogen) atoms. The zero-order valence-corrected chi connectivity index (χ0v) is 9.63. The van der Waals surface area contributed by atoms with Gasteiger partial charge in [-0.05, 0) is 24.8 Å². The highest BCUT2D eigenvalue weighted by Crippen LogP contribution is 2.41. The van der Waals surface area contributed by atoms with Crippen molar-refractivity contribution in [1.29, 1.82) is 0 Å². The van der Waals surface area contributed by atoms with E-state index in [1.807, 2.05) is 18.2 Å². The van der Waals surface area contributed by atoms with Crippen LogP contribution in [0.15, 0.2) is 18.2 Å². The fraction of sp³-hybridized carbons (Fsp3) is 0.538. The van der Waals surface area contributed by atoms with Gasteiger partial charge in [-0.25, -0.2) is 0 Å². The predicted molar refractivity (Wildman–Crippen MR) is 62.8 cm³/mol. The molecule has 1 aromatic rings. The Hall–Kier alpha value is -1.26. The van der Waals surface area contributed by atoms with Crippen LogP contribution in [0.3, 0.4) is 0 Å². The van der Waals surface area contributed by atoms with Gasteiger partial charge in [-0.2, -0.15) is 0 Å². The maximum atomic E-state index is 10.2. The van der Waals surface area contributed by atoms with Crippen molar-refractivity contribution in [1.82, 2.24) is 0 Å². The lowest BCUT2D eigenvalue weighted by molar-refractivity contribution is 0.0406. The molecule has 0 spiro atoms. The van der Waals surface area contributed by atoms with Gasteiger partial charge in [0.2, 0.25) is 6.79 Å². The van der Waals surface area contributed by atoms with Crippen LogP contribution >= 0.6 is 0 Å². The first-order chi connectivity index (χ1) is 8.27. The number of nitrogens with two attached hydrogens (primary N) is 1. The van der Waals surface area contributed by atoms with Crippen LogP contribution in [0.1, 0.15) is 30.9 Å². The Labute approximate surface area is 100 Å². The Kier molecular flexibility index (Phi) is 2.68. The van der Waals surface area contributed by atoms with Crippen molar-refractivity contribution in [2.45, 2.75) is 31.4 Å². The summed E-state index contributed by atoms with van der Waals surface area (Å²) in [7, 11) is 0. The fourth-order valence-corrected chi connectivity index (χ4v) is 2.47. The molecule has 2 atom stereocenters. The smallest absolute Gasteiger partial charge is 0.231 e. The zero-order chi connectivity index (χ0) is 11.8. The van der Waals surface area contributed by atoms with Gasteiger partial charge in [0.25, 0.3) is 0 Å². The van der Waals surface area contributed by atoms with Crippen LogP contribution in [-0.2, 0) is 0 Å². The van der Waals surface area contributed by atoms with Gasteiger partial charge in [0, 0.05) is 5.56 Å². The third-order valence-electron chi connectivity index (χ3n) is 3.79. The van der Waals surface area contributed by atoms with E-state index >= 15 is 0 Å². The van der Waals surface area contributed by atoms with E-state index in [0.717, 1.165) is 24.2 Å². The third-order valence-corrected chi connectivity index (χ3v) is 3.79. The number of benzene rings is 1. The molecule has 1 aliphatic heterocycles. The Morgan fingerprint density at radius 3 is 2.82 bits per heavy atom. The van der Waals surface area contributed by atoms with E-state index in [1.54, 1.807) is 0 Å². The standard InChI is InChI=1S/C13H17NO3/c14-11(12(15)8-3-1-4-8)9-5-2-6-10-13(9)17-7-16-10/h2,5-6,8,11-12,15H,1,3-4,7,14H2/t11-,12+/m0/s1. The van der Waals surface area contributed by atoms with E-state index in [2.05, 4.69) is 0 Å². The Morgan fingerprint density at radius 2 is 2.12 bits per heavy atom. The molecule has 92 valence electrons. The molecule has 3 N–H and O–H groups in total. The molecule has 1 aliphatic carbocycles. The van der Waals surface area contributed by atoms with E-state index in [-0.39, 0.29) is 6.79 Å². The molecule has 0 aromatic heterocycles. The lowest BCUT2D eigenvalue weighted by Gasteiger charge is -2.34. The molecule has 0 saturated heterocycles. The topological polar surface area (TPSA) is 64.7 Å². The van der Waals surface area contributed by atoms with Crippen molar-refractivity contribution < 1.29 is 14.6 Å². The highest BCUT2D eigenvalue weighted by Gasteiger charge is 2.33. The molecular weight excluding hydrogens is 218 g/mol. The molecule has 4 nitrogen and oxygen atoms in total. The molecule has 0 amide bonds. The summed E-state index contributed by atoms with van der Waals surface area (Å²) in [6.45, 7) is 0.235. The van der Waals surface area contributed by atoms with Crippen LogP contribution in [0.5, 0.6) is 11.5 Å². The second-order valence-electron chi connectivity index (χ2n) is 4.79. The van der Waals surface area contributed by atoms with Crippen LogP contribution < -0.4 is 15.2 Å². The Balaban J connectivity index is 1.85. The van der Waals surface area contributed by atoms with Crippen LogP contribution in [0.2, 0.25) is 0 Å². The summed E-state index contributed by atoms with van der Waals surface area (Å²) in [5, 5.41) is 10.2. The summed E-state index contributed by atoms with van der Waals surface area (Å²) in [6.07, 6.45) is 2.85. The maximum absolute atomic E-state index is 10.2. The van der Waals surface area contributed by atoms with Gasteiger partial charge in [-0.3, -0.25) is 0 Å². The van der Waals surface area contributed by atoms with Gasteiger partial charge >= 0.3 is 0 Å². The quantitative estimate of drug-likeness (QED) is 0.834. The van der Waals surface area contributed by atoms with E-state index in [4.69, 9.17) is 15.2 Å². The van der Waals surface area contributed by atoms with Crippen molar-refractivity contribution >= 4 is 0 Å². The van der Waals surface area contributed by atoms with Crippen molar-refractivity contribution in [2.24, 2.45) is 11.7 Å². The molecule has 1 saturated carbocycles. The predicted octanol–water partition coefficient (Wildman–Crippen LogP) is 1.58. The lowest BCUT2D eigenvalue weighted by Crippen LogP contribution is -2.36. The molecule has 0 unspecified atom stereocenters. The van der Waals surface area contributed by atoms with E-state index in [0.29, 0.717) is 11.7 Å². The number of hydrogen-bond donors (Lipinski definition) is 2. The van der Waals surface area contributed by atoms with Gasteiger partial charge in [-0.1, -0.05) is 18.6 Å². The van der Waals surface area contributed by atoms with Crippen LogP contribution in [0.4, 0.5) is 0 Å². The largest absolute Gasteiger partial charge is 0.454 e. The van der Waals surface area contributed by atoms with Gasteiger partial charge < -0.3 is 20.3 Å². The highest BCUT2D eigenvalue weighted by molar-refractivity contribution is 5.49. The Bertz CT molecular complexity index is 417. The van der Waals surface area contributed by atoms with Gasteiger partial charge in [-0.15, -0.1) is 0 Å². The number of rotatable bonds is 3. The molecule has 0 bridgehead atoms. The molecule has 0 radical (unpaired) electrons. The number of aliphatic hydroxyl groups is 1. The SMILES string of the molecule is N[C@@H](c1cccc2c1OCO2)[C@H](O)C1CCC1. The molecule has 2 aliphatic rings. The van der Waals surface area contributed by atoms with Crippen molar-refractivity contribution in [2.75, 3.05) is 6.79 Å². The highest BCUT2D eigenvalue weighted by atomic mass is 16.7. The second-order valence-corrected chi connectivity index (χ2v) is 4.79. The number of para-hydroxylation sites is 1. The number of ether oxygens (including phenoxy) is 2. The number of hydrogen-bond acceptors (Lipinski definition) is 4. The summed E-state index contributed by atoms with van der Waals surface area (Å²) in [4.78, 5) is 0. The van der Waals surface area contributed by atoms with Gasteiger partial charge in [0.05, 0.1) is 12.1 Å². The third kappa shape index (κ3) is 1.77. The summed E-state index contributed by atoms with van der Waals surface area (Å²) >= 11 is 0. The average molecular weight is 235 g/mol. The fourth-order valence-electron chi connectivity index (χ4n) is 2.47. The number of fused-ring (bicyclic) bond motifs is 1. The summed E-state index contributed by atoms with van der Waals surface area (Å²) in [5.74, 6) is 1.75. The lowest BCUT2D eigenvalue weighted by atomic mass is 9.77. The maximum Gasteiger partial charge on any atom is 0.231 e. The van der Waals surface area contributed by atoms with E-state index in [1.165, 1.54) is 6.42 Å². The van der Waals surface area contributed by atoms with E-state index < -0.39 is 12.1 Å². The van der Waals surface area contributed by atoms with Gasteiger partial charge in [0.15, 0.2) is 11.5 Å². The summed E-state index contributed by atoms with van der Waals surface area (Å²) in [6, 6.07) is 5.25. The van der Waals surface area contributed by atoms with Crippen LogP contribution in [0.25, 0.3) is 0 Å². The monoisotopic (exact) mass is 235 g/mol. The minimum Gasteiger partial charge on any atom is -0.454 e. The minimum atomic E-state index is -0.487. The minimum absolute atomic E-state index is 0.235.